The molecule has 0 bridgehead atoms. The molecule has 0 fully saturated rings. The van der Waals surface area contributed by atoms with Crippen molar-refractivity contribution in [1.82, 2.24) is 5.32 Å². The molecule has 194 valence electrons. The largest absolute Gasteiger partial charge is 0.462 e. The molecule has 0 saturated heterocycles. The van der Waals surface area contributed by atoms with Gasteiger partial charge in [-0.1, -0.05) is 117 Å². The van der Waals surface area contributed by atoms with E-state index in [4.69, 9.17) is 4.74 Å². The van der Waals surface area contributed by atoms with Gasteiger partial charge < -0.3 is 10.1 Å². The van der Waals surface area contributed by atoms with Crippen LogP contribution in [-0.4, -0.2) is 25.0 Å². The van der Waals surface area contributed by atoms with E-state index in [1.54, 1.807) is 24.3 Å². The van der Waals surface area contributed by atoms with Crippen LogP contribution in [0.3, 0.4) is 0 Å². The Labute approximate surface area is 209 Å². The number of unbranched alkanes of at least 4 members (excludes halogenated alkanes) is 16. The lowest BCUT2D eigenvalue weighted by Gasteiger charge is -2.07. The molecule has 0 aliphatic carbocycles. The van der Waals surface area contributed by atoms with Crippen molar-refractivity contribution in [2.24, 2.45) is 0 Å². The lowest BCUT2D eigenvalue weighted by atomic mass is 10.0. The van der Waals surface area contributed by atoms with E-state index in [1.165, 1.54) is 96.3 Å². The second-order valence-electron chi connectivity index (χ2n) is 9.63. The van der Waals surface area contributed by atoms with Gasteiger partial charge >= 0.3 is 5.97 Å². The summed E-state index contributed by atoms with van der Waals surface area (Å²) >= 11 is 0. The van der Waals surface area contributed by atoms with E-state index in [0.29, 0.717) is 24.3 Å². The van der Waals surface area contributed by atoms with Crippen molar-refractivity contribution < 1.29 is 14.3 Å². The van der Waals surface area contributed by atoms with Crippen LogP contribution in [0.5, 0.6) is 0 Å². The molecule has 0 aliphatic rings. The predicted octanol–water partition coefficient (Wildman–Crippen LogP) is 8.63. The number of benzene rings is 1. The van der Waals surface area contributed by atoms with E-state index in [0.717, 1.165) is 19.3 Å². The van der Waals surface area contributed by atoms with E-state index in [9.17, 15) is 9.59 Å². The highest BCUT2D eigenvalue weighted by Crippen LogP contribution is 2.14. The van der Waals surface area contributed by atoms with Gasteiger partial charge in [-0.2, -0.15) is 0 Å². The van der Waals surface area contributed by atoms with Crippen LogP contribution in [0.25, 0.3) is 0 Å². The third-order valence-corrected chi connectivity index (χ3v) is 6.43. The Balaban J connectivity index is 1.94. The molecule has 4 nitrogen and oxygen atoms in total. The van der Waals surface area contributed by atoms with Crippen LogP contribution < -0.4 is 5.32 Å². The van der Waals surface area contributed by atoms with Gasteiger partial charge in [-0.3, -0.25) is 4.79 Å². The monoisotopic (exact) mass is 473 g/mol. The van der Waals surface area contributed by atoms with Crippen LogP contribution in [0.4, 0.5) is 0 Å². The van der Waals surface area contributed by atoms with E-state index in [2.05, 4.69) is 19.2 Å². The van der Waals surface area contributed by atoms with Crippen molar-refractivity contribution >= 4 is 11.9 Å². The lowest BCUT2D eigenvalue weighted by Crippen LogP contribution is -2.24. The molecule has 1 rings (SSSR count). The SMILES string of the molecule is CCCCCCCCCCCCCCCCCCNC(=O)c1ccc(C(=O)OCCCC)cc1. The normalized spacial score (nSPS) is 10.9. The Morgan fingerprint density at radius 2 is 1.00 bits per heavy atom. The average molecular weight is 474 g/mol. The number of carbonyl (C=O) groups excluding carboxylic acids is 2. The van der Waals surface area contributed by atoms with Gasteiger partial charge in [-0.15, -0.1) is 0 Å². The summed E-state index contributed by atoms with van der Waals surface area (Å²) in [6.45, 7) is 5.48. The van der Waals surface area contributed by atoms with Gasteiger partial charge in [0.25, 0.3) is 5.91 Å². The van der Waals surface area contributed by atoms with Gasteiger partial charge in [-0.25, -0.2) is 4.79 Å². The van der Waals surface area contributed by atoms with Gasteiger partial charge in [0.15, 0.2) is 0 Å². The Morgan fingerprint density at radius 1 is 0.588 bits per heavy atom. The first-order valence-corrected chi connectivity index (χ1v) is 14.2. The minimum absolute atomic E-state index is 0.0770. The summed E-state index contributed by atoms with van der Waals surface area (Å²) in [7, 11) is 0. The van der Waals surface area contributed by atoms with E-state index < -0.39 is 0 Å². The number of hydrogen-bond acceptors (Lipinski definition) is 3. The van der Waals surface area contributed by atoms with E-state index in [-0.39, 0.29) is 11.9 Å². The Morgan fingerprint density at radius 3 is 1.47 bits per heavy atom. The Bertz CT molecular complexity index is 626. The van der Waals surface area contributed by atoms with Crippen LogP contribution in [0.2, 0.25) is 0 Å². The average Bonchev–Trinajstić information content (AvgIpc) is 2.86. The Hall–Kier alpha value is -1.84. The number of esters is 1. The fourth-order valence-electron chi connectivity index (χ4n) is 4.13. The van der Waals surface area contributed by atoms with Crippen molar-refractivity contribution in [1.29, 1.82) is 0 Å². The highest BCUT2D eigenvalue weighted by Gasteiger charge is 2.09. The molecule has 0 saturated carbocycles. The number of hydrogen-bond donors (Lipinski definition) is 1. The second-order valence-corrected chi connectivity index (χ2v) is 9.63. The molecule has 0 aliphatic heterocycles. The van der Waals surface area contributed by atoms with Gasteiger partial charge in [0, 0.05) is 12.1 Å². The number of rotatable bonds is 22. The van der Waals surface area contributed by atoms with Crippen LogP contribution >= 0.6 is 0 Å². The van der Waals surface area contributed by atoms with Gasteiger partial charge in [0.2, 0.25) is 0 Å². The first kappa shape index (κ1) is 30.2. The van der Waals surface area contributed by atoms with Crippen molar-refractivity contribution in [2.45, 2.75) is 129 Å². The molecular formula is C30H51NO3. The van der Waals surface area contributed by atoms with Gasteiger partial charge in [-0.05, 0) is 37.1 Å². The minimum atomic E-state index is -0.325. The topological polar surface area (TPSA) is 55.4 Å². The molecule has 0 aromatic heterocycles. The highest BCUT2D eigenvalue weighted by molar-refractivity contribution is 5.96. The molecule has 0 radical (unpaired) electrons. The van der Waals surface area contributed by atoms with Crippen molar-refractivity contribution in [3.8, 4) is 0 Å². The summed E-state index contributed by atoms with van der Waals surface area (Å²) in [6, 6.07) is 6.72. The van der Waals surface area contributed by atoms with Crippen LogP contribution in [-0.2, 0) is 4.74 Å². The fraction of sp³-hybridized carbons (Fsp3) is 0.733. The zero-order valence-electron chi connectivity index (χ0n) is 22.2. The smallest absolute Gasteiger partial charge is 0.338 e. The predicted molar refractivity (Wildman–Crippen MR) is 144 cm³/mol. The van der Waals surface area contributed by atoms with Gasteiger partial charge in [0.05, 0.1) is 12.2 Å². The molecule has 1 aromatic carbocycles. The quantitative estimate of drug-likeness (QED) is 0.135. The molecule has 0 atom stereocenters. The number of nitrogens with one attached hydrogen (secondary N) is 1. The molecule has 0 spiro atoms. The number of ether oxygens (including phenoxy) is 1. The maximum atomic E-state index is 12.3. The zero-order chi connectivity index (χ0) is 24.7. The molecule has 0 heterocycles. The molecule has 4 heteroatoms. The van der Waals surface area contributed by atoms with Crippen LogP contribution in [0.15, 0.2) is 24.3 Å². The number of amides is 1. The standard InChI is InChI=1S/C30H51NO3/c1-3-5-7-8-9-10-11-12-13-14-15-16-17-18-19-20-25-31-29(32)27-21-23-28(24-22-27)30(33)34-26-6-4-2/h21-24H,3-20,25-26H2,1-2H3,(H,31,32). The first-order chi connectivity index (χ1) is 16.7. The van der Waals surface area contributed by atoms with Crippen molar-refractivity contribution in [3.63, 3.8) is 0 Å². The third-order valence-electron chi connectivity index (χ3n) is 6.43. The summed E-state index contributed by atoms with van der Waals surface area (Å²) < 4.78 is 5.20. The number of carbonyl (C=O) groups is 2. The zero-order valence-corrected chi connectivity index (χ0v) is 22.2. The third kappa shape index (κ3) is 15.9. The summed E-state index contributed by atoms with van der Waals surface area (Å²) in [5.41, 5.74) is 1.08. The summed E-state index contributed by atoms with van der Waals surface area (Å²) in [6.07, 6.45) is 23.4. The summed E-state index contributed by atoms with van der Waals surface area (Å²) in [5.74, 6) is -0.402. The van der Waals surface area contributed by atoms with E-state index in [1.807, 2.05) is 0 Å². The highest BCUT2D eigenvalue weighted by atomic mass is 16.5. The van der Waals surface area contributed by atoms with Crippen LogP contribution in [0, 0.1) is 0 Å². The maximum absolute atomic E-state index is 12.3. The fourth-order valence-corrected chi connectivity index (χ4v) is 4.13. The molecule has 34 heavy (non-hydrogen) atoms. The Kier molecular flexibility index (Phi) is 19.2. The maximum Gasteiger partial charge on any atom is 0.338 e. The lowest BCUT2D eigenvalue weighted by molar-refractivity contribution is 0.0499. The molecular weight excluding hydrogens is 422 g/mol. The molecule has 1 amide bonds. The summed E-state index contributed by atoms with van der Waals surface area (Å²) in [5, 5.41) is 2.98. The van der Waals surface area contributed by atoms with E-state index >= 15 is 0 Å². The molecule has 0 unspecified atom stereocenters. The molecule has 1 N–H and O–H groups in total. The minimum Gasteiger partial charge on any atom is -0.462 e. The summed E-state index contributed by atoms with van der Waals surface area (Å²) in [4.78, 5) is 24.2. The first-order valence-electron chi connectivity index (χ1n) is 14.2. The molecule has 1 aromatic rings. The van der Waals surface area contributed by atoms with Crippen molar-refractivity contribution in [2.75, 3.05) is 13.2 Å². The van der Waals surface area contributed by atoms with Crippen LogP contribution in [0.1, 0.15) is 150 Å². The van der Waals surface area contributed by atoms with Crippen molar-refractivity contribution in [3.05, 3.63) is 35.4 Å². The van der Waals surface area contributed by atoms with Gasteiger partial charge in [0.1, 0.15) is 0 Å². The second kappa shape index (κ2) is 21.7.